The van der Waals surface area contributed by atoms with Gasteiger partial charge < -0.3 is 10.4 Å². The summed E-state index contributed by atoms with van der Waals surface area (Å²) in [5, 5.41) is 13.2. The molecule has 1 aromatic carbocycles. The van der Waals surface area contributed by atoms with Crippen molar-refractivity contribution in [2.45, 2.75) is 39.3 Å². The lowest BCUT2D eigenvalue weighted by Crippen LogP contribution is -2.41. The maximum Gasteiger partial charge on any atom is 0.148 e. The van der Waals surface area contributed by atoms with Gasteiger partial charge in [0.05, 0.1) is 11.4 Å². The van der Waals surface area contributed by atoms with Crippen molar-refractivity contribution in [3.8, 4) is 5.75 Å². The molecule has 2 aromatic rings. The van der Waals surface area contributed by atoms with Gasteiger partial charge in [0.1, 0.15) is 11.6 Å². The highest BCUT2D eigenvalue weighted by Crippen LogP contribution is 2.19. The summed E-state index contributed by atoms with van der Waals surface area (Å²) in [7, 11) is 0. The summed E-state index contributed by atoms with van der Waals surface area (Å²) in [6.45, 7) is 6.89. The van der Waals surface area contributed by atoms with Crippen LogP contribution in [0, 0.1) is 13.8 Å². The van der Waals surface area contributed by atoms with E-state index in [-0.39, 0.29) is 0 Å². The number of likely N-dealkylation sites (tertiary alicyclic amines) is 1. The third-order valence-electron chi connectivity index (χ3n) is 4.24. The molecule has 5 nitrogen and oxygen atoms in total. The van der Waals surface area contributed by atoms with Gasteiger partial charge in [-0.05, 0) is 50.9 Å². The number of anilines is 1. The van der Waals surface area contributed by atoms with E-state index in [1.54, 1.807) is 12.3 Å². The van der Waals surface area contributed by atoms with Crippen LogP contribution in [0.5, 0.6) is 5.75 Å². The summed E-state index contributed by atoms with van der Waals surface area (Å²) in [4.78, 5) is 11.4. The Kier molecular flexibility index (Phi) is 4.76. The van der Waals surface area contributed by atoms with E-state index in [4.69, 9.17) is 0 Å². The molecule has 1 unspecified atom stereocenters. The van der Waals surface area contributed by atoms with Gasteiger partial charge in [-0.1, -0.05) is 12.1 Å². The van der Waals surface area contributed by atoms with Crippen molar-refractivity contribution in [3.05, 3.63) is 47.4 Å². The zero-order chi connectivity index (χ0) is 16.2. The highest BCUT2D eigenvalue weighted by atomic mass is 16.3. The molecule has 2 heterocycles. The highest BCUT2D eigenvalue weighted by molar-refractivity contribution is 5.40. The number of phenolic OH excluding ortho intramolecular Hbond substituents is 1. The van der Waals surface area contributed by atoms with Crippen LogP contribution >= 0.6 is 0 Å². The zero-order valence-corrected chi connectivity index (χ0v) is 13.8. The van der Waals surface area contributed by atoms with Crippen LogP contribution in [0.1, 0.15) is 29.8 Å². The van der Waals surface area contributed by atoms with Crippen molar-refractivity contribution in [1.82, 2.24) is 14.9 Å². The Morgan fingerprint density at radius 3 is 3.04 bits per heavy atom. The van der Waals surface area contributed by atoms with Crippen LogP contribution < -0.4 is 5.32 Å². The maximum atomic E-state index is 9.60. The summed E-state index contributed by atoms with van der Waals surface area (Å²) in [6, 6.07) is 7.90. The van der Waals surface area contributed by atoms with Crippen molar-refractivity contribution in [2.75, 3.05) is 18.4 Å². The lowest BCUT2D eigenvalue weighted by Gasteiger charge is -2.33. The standard InChI is InChI=1S/C18H24N4O/c1-13-10-19-14(2)18(20-13)21-16-6-4-8-22(12-16)11-15-5-3-7-17(23)9-15/h3,5,7,9-10,16,23H,4,6,8,11-12H2,1-2H3,(H,20,21). The number of piperidine rings is 1. The fraction of sp³-hybridized carbons (Fsp3) is 0.444. The van der Waals surface area contributed by atoms with E-state index in [0.717, 1.165) is 55.2 Å². The number of nitrogens with one attached hydrogen (secondary N) is 1. The van der Waals surface area contributed by atoms with Gasteiger partial charge in [-0.2, -0.15) is 0 Å². The van der Waals surface area contributed by atoms with Crippen molar-refractivity contribution in [2.24, 2.45) is 0 Å². The fourth-order valence-corrected chi connectivity index (χ4v) is 3.10. The zero-order valence-electron chi connectivity index (χ0n) is 13.8. The van der Waals surface area contributed by atoms with E-state index in [0.29, 0.717) is 11.8 Å². The van der Waals surface area contributed by atoms with Crippen molar-refractivity contribution in [1.29, 1.82) is 0 Å². The molecule has 1 aliphatic rings. The van der Waals surface area contributed by atoms with E-state index in [1.807, 2.05) is 26.0 Å². The minimum Gasteiger partial charge on any atom is -0.508 e. The predicted octanol–water partition coefficient (Wildman–Crippen LogP) is 2.88. The molecule has 0 saturated carbocycles. The predicted molar refractivity (Wildman–Crippen MR) is 91.5 cm³/mol. The first-order valence-electron chi connectivity index (χ1n) is 8.17. The molecule has 1 aromatic heterocycles. The number of aromatic hydroxyl groups is 1. The molecule has 122 valence electrons. The topological polar surface area (TPSA) is 61.3 Å². The molecule has 1 aliphatic heterocycles. The first kappa shape index (κ1) is 15.7. The smallest absolute Gasteiger partial charge is 0.148 e. The number of nitrogens with zero attached hydrogens (tertiary/aromatic N) is 3. The third kappa shape index (κ3) is 4.20. The van der Waals surface area contributed by atoms with Gasteiger partial charge >= 0.3 is 0 Å². The minimum absolute atomic E-state index is 0.333. The van der Waals surface area contributed by atoms with E-state index in [1.165, 1.54) is 0 Å². The number of benzene rings is 1. The van der Waals surface area contributed by atoms with E-state index in [9.17, 15) is 5.11 Å². The molecule has 0 amide bonds. The Bertz CT molecular complexity index is 674. The van der Waals surface area contributed by atoms with Gasteiger partial charge in [0.25, 0.3) is 0 Å². The monoisotopic (exact) mass is 312 g/mol. The summed E-state index contributed by atoms with van der Waals surface area (Å²) in [6.07, 6.45) is 4.11. The molecule has 0 radical (unpaired) electrons. The molecule has 1 atom stereocenters. The fourth-order valence-electron chi connectivity index (χ4n) is 3.10. The van der Waals surface area contributed by atoms with Crippen LogP contribution in [0.15, 0.2) is 30.5 Å². The third-order valence-corrected chi connectivity index (χ3v) is 4.24. The quantitative estimate of drug-likeness (QED) is 0.909. The molecule has 0 spiro atoms. The number of phenols is 1. The second-order valence-electron chi connectivity index (χ2n) is 6.33. The number of aromatic nitrogens is 2. The second kappa shape index (κ2) is 6.96. The molecule has 1 fully saturated rings. The summed E-state index contributed by atoms with van der Waals surface area (Å²) >= 11 is 0. The molecular weight excluding hydrogens is 288 g/mol. The van der Waals surface area contributed by atoms with E-state index < -0.39 is 0 Å². The lowest BCUT2D eigenvalue weighted by atomic mass is 10.0. The number of hydrogen-bond donors (Lipinski definition) is 2. The van der Waals surface area contributed by atoms with Crippen LogP contribution in [0.2, 0.25) is 0 Å². The maximum absolute atomic E-state index is 9.60. The lowest BCUT2D eigenvalue weighted by molar-refractivity contribution is 0.208. The summed E-state index contributed by atoms with van der Waals surface area (Å²) in [5.41, 5.74) is 3.03. The Hall–Kier alpha value is -2.14. The summed E-state index contributed by atoms with van der Waals surface area (Å²) in [5.74, 6) is 1.23. The Balaban J connectivity index is 1.63. The first-order chi connectivity index (χ1) is 11.1. The molecule has 1 saturated heterocycles. The van der Waals surface area contributed by atoms with Crippen LogP contribution in [0.3, 0.4) is 0 Å². The van der Waals surface area contributed by atoms with Gasteiger partial charge in [0.15, 0.2) is 0 Å². The Morgan fingerprint density at radius 1 is 1.35 bits per heavy atom. The van der Waals surface area contributed by atoms with Gasteiger partial charge in [-0.3, -0.25) is 9.88 Å². The molecule has 0 bridgehead atoms. The largest absolute Gasteiger partial charge is 0.508 e. The normalized spacial score (nSPS) is 18.8. The molecular formula is C18H24N4O. The van der Waals surface area contributed by atoms with Crippen molar-refractivity contribution < 1.29 is 5.11 Å². The van der Waals surface area contributed by atoms with E-state index in [2.05, 4.69) is 26.3 Å². The number of hydrogen-bond acceptors (Lipinski definition) is 5. The number of aryl methyl sites for hydroxylation is 2. The molecule has 0 aliphatic carbocycles. The van der Waals surface area contributed by atoms with Gasteiger partial charge in [0, 0.05) is 25.3 Å². The Morgan fingerprint density at radius 2 is 2.22 bits per heavy atom. The van der Waals surface area contributed by atoms with Gasteiger partial charge in [0.2, 0.25) is 0 Å². The molecule has 2 N–H and O–H groups in total. The van der Waals surface area contributed by atoms with Crippen LogP contribution in [0.4, 0.5) is 5.82 Å². The van der Waals surface area contributed by atoms with Gasteiger partial charge in [-0.15, -0.1) is 0 Å². The molecule has 23 heavy (non-hydrogen) atoms. The average Bonchev–Trinajstić information content (AvgIpc) is 2.51. The molecule has 5 heteroatoms. The second-order valence-corrected chi connectivity index (χ2v) is 6.33. The Labute approximate surface area is 137 Å². The van der Waals surface area contributed by atoms with Crippen LogP contribution in [0.25, 0.3) is 0 Å². The number of rotatable bonds is 4. The first-order valence-corrected chi connectivity index (χ1v) is 8.17. The van der Waals surface area contributed by atoms with Crippen LogP contribution in [-0.4, -0.2) is 39.1 Å². The van der Waals surface area contributed by atoms with Crippen molar-refractivity contribution in [3.63, 3.8) is 0 Å². The summed E-state index contributed by atoms with van der Waals surface area (Å²) < 4.78 is 0. The van der Waals surface area contributed by atoms with Gasteiger partial charge in [-0.25, -0.2) is 4.98 Å². The SMILES string of the molecule is Cc1cnc(C)c(NC2CCCN(Cc3cccc(O)c3)C2)n1. The van der Waals surface area contributed by atoms with Crippen molar-refractivity contribution >= 4 is 5.82 Å². The average molecular weight is 312 g/mol. The molecule has 3 rings (SSSR count). The van der Waals surface area contributed by atoms with E-state index >= 15 is 0 Å². The highest BCUT2D eigenvalue weighted by Gasteiger charge is 2.21. The van der Waals surface area contributed by atoms with Crippen LogP contribution in [-0.2, 0) is 6.54 Å². The minimum atomic E-state index is 0.333.